The number of hydrogen-bond donors (Lipinski definition) is 0. The van der Waals surface area contributed by atoms with E-state index in [-0.39, 0.29) is 5.41 Å². The first-order valence-corrected chi connectivity index (χ1v) is 6.77. The number of benzene rings is 1. The molecule has 2 heteroatoms. The second kappa shape index (κ2) is 5.52. The van der Waals surface area contributed by atoms with Gasteiger partial charge in [-0.25, -0.2) is 0 Å². The second-order valence-corrected chi connectivity index (χ2v) is 5.35. The third-order valence-electron chi connectivity index (χ3n) is 4.20. The first-order chi connectivity index (χ1) is 9.12. The molecule has 0 saturated carbocycles. The Balaban J connectivity index is 2.43. The van der Waals surface area contributed by atoms with E-state index in [1.54, 1.807) is 7.11 Å². The molecule has 1 unspecified atom stereocenters. The maximum Gasteiger partial charge on any atom is 0.118 e. The summed E-state index contributed by atoms with van der Waals surface area (Å²) in [6.07, 6.45) is 6.41. The van der Waals surface area contributed by atoms with Gasteiger partial charge in [0.1, 0.15) is 5.75 Å². The van der Waals surface area contributed by atoms with Gasteiger partial charge >= 0.3 is 0 Å². The SMILES string of the molecule is C=CCC1(c2ccc(OC)cc2)CCN(C)C=C1C. The van der Waals surface area contributed by atoms with Crippen LogP contribution in [0.5, 0.6) is 5.75 Å². The summed E-state index contributed by atoms with van der Waals surface area (Å²) in [7, 11) is 3.84. The van der Waals surface area contributed by atoms with E-state index in [2.05, 4.69) is 43.8 Å². The Labute approximate surface area is 116 Å². The van der Waals surface area contributed by atoms with E-state index in [1.165, 1.54) is 11.1 Å². The van der Waals surface area contributed by atoms with Crippen molar-refractivity contribution >= 4 is 0 Å². The number of rotatable bonds is 4. The van der Waals surface area contributed by atoms with Crippen molar-refractivity contribution in [2.75, 3.05) is 20.7 Å². The molecule has 2 rings (SSSR count). The molecule has 0 aliphatic carbocycles. The van der Waals surface area contributed by atoms with Crippen LogP contribution in [-0.2, 0) is 5.41 Å². The van der Waals surface area contributed by atoms with Crippen LogP contribution in [-0.4, -0.2) is 25.6 Å². The predicted molar refractivity (Wildman–Crippen MR) is 80.5 cm³/mol. The summed E-state index contributed by atoms with van der Waals surface area (Å²) in [5.74, 6) is 0.909. The quantitative estimate of drug-likeness (QED) is 0.762. The molecule has 2 nitrogen and oxygen atoms in total. The van der Waals surface area contributed by atoms with E-state index >= 15 is 0 Å². The van der Waals surface area contributed by atoms with Crippen molar-refractivity contribution in [2.24, 2.45) is 0 Å². The summed E-state index contributed by atoms with van der Waals surface area (Å²) < 4.78 is 5.25. The van der Waals surface area contributed by atoms with Gasteiger partial charge in [-0.1, -0.05) is 18.2 Å². The van der Waals surface area contributed by atoms with Crippen molar-refractivity contribution < 1.29 is 4.74 Å². The zero-order chi connectivity index (χ0) is 13.9. The predicted octanol–water partition coefficient (Wildman–Crippen LogP) is 3.75. The fourth-order valence-electron chi connectivity index (χ4n) is 2.99. The average molecular weight is 257 g/mol. The zero-order valence-corrected chi connectivity index (χ0v) is 12.1. The van der Waals surface area contributed by atoms with Crippen molar-refractivity contribution in [1.82, 2.24) is 4.90 Å². The molecule has 0 amide bonds. The molecular weight excluding hydrogens is 234 g/mol. The monoisotopic (exact) mass is 257 g/mol. The minimum atomic E-state index is 0.0977. The van der Waals surface area contributed by atoms with Crippen LogP contribution in [0.2, 0.25) is 0 Å². The number of allylic oxidation sites excluding steroid dienone is 2. The van der Waals surface area contributed by atoms with Crippen LogP contribution in [0.25, 0.3) is 0 Å². The molecule has 1 aromatic carbocycles. The van der Waals surface area contributed by atoms with Gasteiger partial charge in [0.25, 0.3) is 0 Å². The first kappa shape index (κ1) is 13.7. The maximum absolute atomic E-state index is 5.25. The van der Waals surface area contributed by atoms with Gasteiger partial charge < -0.3 is 9.64 Å². The van der Waals surface area contributed by atoms with Gasteiger partial charge in [0.15, 0.2) is 0 Å². The normalized spacial score (nSPS) is 22.9. The smallest absolute Gasteiger partial charge is 0.118 e. The molecule has 0 aromatic heterocycles. The summed E-state index contributed by atoms with van der Waals surface area (Å²) >= 11 is 0. The molecule has 1 heterocycles. The molecule has 19 heavy (non-hydrogen) atoms. The van der Waals surface area contributed by atoms with Gasteiger partial charge in [-0.2, -0.15) is 0 Å². The van der Waals surface area contributed by atoms with E-state index in [0.29, 0.717) is 0 Å². The third kappa shape index (κ3) is 2.53. The minimum Gasteiger partial charge on any atom is -0.497 e. The van der Waals surface area contributed by atoms with Crippen LogP contribution in [0.3, 0.4) is 0 Å². The van der Waals surface area contributed by atoms with Crippen molar-refractivity contribution in [3.63, 3.8) is 0 Å². The van der Waals surface area contributed by atoms with Gasteiger partial charge in [0.05, 0.1) is 7.11 Å². The standard InChI is InChI=1S/C17H23NO/c1-5-10-17(11-12-18(3)13-14(17)2)15-6-8-16(19-4)9-7-15/h5-9,13H,1,10-12H2,2-4H3. The highest BCUT2D eigenvalue weighted by molar-refractivity contribution is 5.40. The zero-order valence-electron chi connectivity index (χ0n) is 12.1. The Hall–Kier alpha value is -1.70. The van der Waals surface area contributed by atoms with Crippen molar-refractivity contribution in [2.45, 2.75) is 25.2 Å². The number of hydrogen-bond acceptors (Lipinski definition) is 2. The molecule has 1 atom stereocenters. The van der Waals surface area contributed by atoms with Gasteiger partial charge in [-0.3, -0.25) is 0 Å². The fourth-order valence-corrected chi connectivity index (χ4v) is 2.99. The van der Waals surface area contributed by atoms with Gasteiger partial charge in [-0.05, 0) is 49.2 Å². The van der Waals surface area contributed by atoms with E-state index in [1.807, 2.05) is 18.2 Å². The van der Waals surface area contributed by atoms with E-state index < -0.39 is 0 Å². The van der Waals surface area contributed by atoms with E-state index in [9.17, 15) is 0 Å². The van der Waals surface area contributed by atoms with Crippen LogP contribution in [0.15, 0.2) is 48.7 Å². The molecule has 1 aliphatic rings. The molecule has 0 fully saturated rings. The maximum atomic E-state index is 5.25. The second-order valence-electron chi connectivity index (χ2n) is 5.35. The lowest BCUT2D eigenvalue weighted by Gasteiger charge is -2.40. The molecule has 0 saturated heterocycles. The molecule has 0 spiro atoms. The lowest BCUT2D eigenvalue weighted by molar-refractivity contribution is 0.325. The topological polar surface area (TPSA) is 12.5 Å². The molecule has 0 radical (unpaired) electrons. The lowest BCUT2D eigenvalue weighted by Crippen LogP contribution is -2.36. The summed E-state index contributed by atoms with van der Waals surface area (Å²) in [6, 6.07) is 8.47. The van der Waals surface area contributed by atoms with E-state index in [0.717, 1.165) is 25.1 Å². The van der Waals surface area contributed by atoms with Crippen LogP contribution < -0.4 is 4.74 Å². The molecular formula is C17H23NO. The third-order valence-corrected chi connectivity index (χ3v) is 4.20. The molecule has 102 valence electrons. The highest BCUT2D eigenvalue weighted by atomic mass is 16.5. The Morgan fingerprint density at radius 2 is 2.05 bits per heavy atom. The average Bonchev–Trinajstić information content (AvgIpc) is 2.42. The lowest BCUT2D eigenvalue weighted by atomic mass is 9.68. The van der Waals surface area contributed by atoms with E-state index in [4.69, 9.17) is 4.74 Å². The fraction of sp³-hybridized carbons (Fsp3) is 0.412. The van der Waals surface area contributed by atoms with Crippen LogP contribution in [0.4, 0.5) is 0 Å². The number of nitrogens with zero attached hydrogens (tertiary/aromatic N) is 1. The number of ether oxygens (including phenoxy) is 1. The van der Waals surface area contributed by atoms with Crippen LogP contribution in [0, 0.1) is 0 Å². The Kier molecular flexibility index (Phi) is 3.98. The van der Waals surface area contributed by atoms with Crippen molar-refractivity contribution in [1.29, 1.82) is 0 Å². The van der Waals surface area contributed by atoms with Gasteiger partial charge in [-0.15, -0.1) is 6.58 Å². The molecule has 0 N–H and O–H groups in total. The van der Waals surface area contributed by atoms with Crippen molar-refractivity contribution in [3.8, 4) is 5.75 Å². The highest BCUT2D eigenvalue weighted by Crippen LogP contribution is 2.42. The van der Waals surface area contributed by atoms with Gasteiger partial charge in [0.2, 0.25) is 0 Å². The first-order valence-electron chi connectivity index (χ1n) is 6.77. The molecule has 1 aliphatic heterocycles. The Morgan fingerprint density at radius 3 is 2.58 bits per heavy atom. The highest BCUT2D eigenvalue weighted by Gasteiger charge is 2.35. The number of methoxy groups -OCH3 is 1. The largest absolute Gasteiger partial charge is 0.497 e. The molecule has 0 bridgehead atoms. The van der Waals surface area contributed by atoms with Crippen LogP contribution >= 0.6 is 0 Å². The molecule has 1 aromatic rings. The van der Waals surface area contributed by atoms with Gasteiger partial charge in [0, 0.05) is 19.0 Å². The van der Waals surface area contributed by atoms with Crippen LogP contribution in [0.1, 0.15) is 25.3 Å². The summed E-state index contributed by atoms with van der Waals surface area (Å²) in [5.41, 5.74) is 2.86. The summed E-state index contributed by atoms with van der Waals surface area (Å²) in [4.78, 5) is 2.26. The Bertz CT molecular complexity index is 475. The summed E-state index contributed by atoms with van der Waals surface area (Å²) in [6.45, 7) is 7.25. The van der Waals surface area contributed by atoms with Crippen molar-refractivity contribution in [3.05, 3.63) is 54.3 Å². The Morgan fingerprint density at radius 1 is 1.37 bits per heavy atom. The summed E-state index contributed by atoms with van der Waals surface area (Å²) in [5, 5.41) is 0. The minimum absolute atomic E-state index is 0.0977.